The number of thioether (sulfide) groups is 2. The highest BCUT2D eigenvalue weighted by Gasteiger charge is 2.45. The van der Waals surface area contributed by atoms with Crippen LogP contribution in [-0.2, 0) is 4.79 Å². The van der Waals surface area contributed by atoms with Crippen LogP contribution in [0.2, 0.25) is 0 Å². The molecule has 94 valence electrons. The van der Waals surface area contributed by atoms with Crippen LogP contribution in [-0.4, -0.2) is 39.8 Å². The van der Waals surface area contributed by atoms with Gasteiger partial charge in [-0.1, -0.05) is 0 Å². The van der Waals surface area contributed by atoms with Gasteiger partial charge in [0.15, 0.2) is 5.11 Å². The lowest BCUT2D eigenvalue weighted by atomic mass is 10.2. The maximum absolute atomic E-state index is 12.3. The first-order chi connectivity index (χ1) is 8.72. The fraction of sp³-hybridized carbons (Fsp3) is 0.333. The Labute approximate surface area is 120 Å². The molecule has 3 rings (SSSR count). The minimum atomic E-state index is -0.0530. The Kier molecular flexibility index (Phi) is 3.25. The monoisotopic (exact) mass is 296 g/mol. The van der Waals surface area contributed by atoms with Gasteiger partial charge in [0.25, 0.3) is 5.91 Å². The first kappa shape index (κ1) is 12.3. The molecule has 2 saturated heterocycles. The van der Waals surface area contributed by atoms with Gasteiger partial charge in [0.2, 0.25) is 0 Å². The molecule has 3 nitrogen and oxygen atoms in total. The van der Waals surface area contributed by atoms with Gasteiger partial charge in [0.1, 0.15) is 6.04 Å². The van der Waals surface area contributed by atoms with Gasteiger partial charge >= 0.3 is 0 Å². The first-order valence-electron chi connectivity index (χ1n) is 5.59. The van der Waals surface area contributed by atoms with Crippen molar-refractivity contribution in [1.29, 1.82) is 0 Å². The minimum Gasteiger partial charge on any atom is -0.326 e. The zero-order valence-corrected chi connectivity index (χ0v) is 12.3. The van der Waals surface area contributed by atoms with E-state index in [0.29, 0.717) is 5.11 Å². The molecule has 0 saturated carbocycles. The lowest BCUT2D eigenvalue weighted by Gasteiger charge is -2.18. The van der Waals surface area contributed by atoms with E-state index in [-0.39, 0.29) is 11.9 Å². The smallest absolute Gasteiger partial charge is 0.256 e. The summed E-state index contributed by atoms with van der Waals surface area (Å²) >= 11 is 8.86. The maximum Gasteiger partial charge on any atom is 0.256 e. The molecule has 2 fully saturated rings. The molecule has 1 atom stereocenters. The van der Waals surface area contributed by atoms with E-state index in [1.165, 1.54) is 4.90 Å². The predicted molar refractivity (Wildman–Crippen MR) is 81.3 cm³/mol. The Morgan fingerprint density at radius 3 is 2.72 bits per heavy atom. The number of rotatable bonds is 2. The largest absolute Gasteiger partial charge is 0.326 e. The van der Waals surface area contributed by atoms with Crippen molar-refractivity contribution in [3.63, 3.8) is 0 Å². The molecular weight excluding hydrogens is 284 g/mol. The summed E-state index contributed by atoms with van der Waals surface area (Å²) in [6, 6.07) is 7.92. The van der Waals surface area contributed by atoms with Crippen LogP contribution < -0.4 is 4.90 Å². The van der Waals surface area contributed by atoms with Gasteiger partial charge in [-0.2, -0.15) is 0 Å². The van der Waals surface area contributed by atoms with E-state index in [1.807, 2.05) is 35.4 Å². The molecule has 18 heavy (non-hydrogen) atoms. The molecule has 2 aliphatic heterocycles. The number of carbonyl (C=O) groups is 1. The van der Waals surface area contributed by atoms with Crippen molar-refractivity contribution in [2.75, 3.05) is 22.8 Å². The third kappa shape index (κ3) is 1.83. The van der Waals surface area contributed by atoms with E-state index in [0.717, 1.165) is 17.3 Å². The molecule has 0 aliphatic carbocycles. The Hall–Kier alpha value is -0.720. The molecule has 1 amide bonds. The van der Waals surface area contributed by atoms with Crippen molar-refractivity contribution < 1.29 is 4.79 Å². The molecule has 0 unspecified atom stereocenters. The Morgan fingerprint density at radius 1 is 1.39 bits per heavy atom. The molecule has 0 spiro atoms. The van der Waals surface area contributed by atoms with Crippen molar-refractivity contribution in [3.05, 3.63) is 24.3 Å². The molecule has 2 aliphatic rings. The molecular formula is C12H12N2OS3. The van der Waals surface area contributed by atoms with Crippen LogP contribution in [0.4, 0.5) is 5.69 Å². The van der Waals surface area contributed by atoms with Crippen LogP contribution >= 0.6 is 35.7 Å². The average Bonchev–Trinajstić information content (AvgIpc) is 2.95. The SMILES string of the molecule is CSc1ccc(N2C(=O)[C@@H]3CSCN3C2=S)cc1. The molecule has 2 heterocycles. The van der Waals surface area contributed by atoms with Gasteiger partial charge in [-0.05, 0) is 42.7 Å². The normalized spacial score (nSPS) is 22.8. The number of hydrogen-bond donors (Lipinski definition) is 0. The van der Waals surface area contributed by atoms with Gasteiger partial charge in [0, 0.05) is 10.6 Å². The summed E-state index contributed by atoms with van der Waals surface area (Å²) in [5.74, 6) is 1.79. The van der Waals surface area contributed by atoms with Gasteiger partial charge in [0.05, 0.1) is 11.6 Å². The zero-order valence-electron chi connectivity index (χ0n) is 9.83. The van der Waals surface area contributed by atoms with Crippen LogP contribution in [0.25, 0.3) is 0 Å². The van der Waals surface area contributed by atoms with Gasteiger partial charge in [-0.3, -0.25) is 9.69 Å². The number of amides is 1. The number of nitrogens with zero attached hydrogens (tertiary/aromatic N) is 2. The second-order valence-corrected chi connectivity index (χ2v) is 6.38. The van der Waals surface area contributed by atoms with Crippen LogP contribution in [0, 0.1) is 0 Å². The highest BCUT2D eigenvalue weighted by atomic mass is 32.2. The predicted octanol–water partition coefficient (Wildman–Crippen LogP) is 2.41. The molecule has 0 bridgehead atoms. The van der Waals surface area contributed by atoms with Gasteiger partial charge in [-0.15, -0.1) is 23.5 Å². The second kappa shape index (κ2) is 4.75. The molecule has 0 radical (unpaired) electrons. The third-order valence-electron chi connectivity index (χ3n) is 3.16. The number of fused-ring (bicyclic) bond motifs is 1. The second-order valence-electron chi connectivity index (χ2n) is 4.14. The molecule has 6 heteroatoms. The Balaban J connectivity index is 1.92. The molecule has 0 aromatic heterocycles. The van der Waals surface area contributed by atoms with Crippen molar-refractivity contribution >= 4 is 52.4 Å². The third-order valence-corrected chi connectivity index (χ3v) is 5.33. The fourth-order valence-electron chi connectivity index (χ4n) is 2.18. The summed E-state index contributed by atoms with van der Waals surface area (Å²) in [6.45, 7) is 0. The highest BCUT2D eigenvalue weighted by Crippen LogP contribution is 2.33. The summed E-state index contributed by atoms with van der Waals surface area (Å²) < 4.78 is 0. The summed E-state index contributed by atoms with van der Waals surface area (Å²) in [5, 5.41) is 0.645. The van der Waals surface area contributed by atoms with Crippen LogP contribution in [0.5, 0.6) is 0 Å². The van der Waals surface area contributed by atoms with E-state index in [4.69, 9.17) is 12.2 Å². The molecule has 0 N–H and O–H groups in total. The standard InChI is InChI=1S/C12H12N2OS3/c1-17-9-4-2-8(3-5-9)14-11(15)10-6-18-7-13(10)12(14)16/h2-5,10H,6-7H2,1H3/t10-/m0/s1. The van der Waals surface area contributed by atoms with E-state index >= 15 is 0 Å². The average molecular weight is 296 g/mol. The van der Waals surface area contributed by atoms with Crippen molar-refractivity contribution in [1.82, 2.24) is 4.90 Å². The highest BCUT2D eigenvalue weighted by molar-refractivity contribution is 7.99. The Bertz CT molecular complexity index is 481. The first-order valence-corrected chi connectivity index (χ1v) is 8.37. The number of carbonyl (C=O) groups excluding carboxylic acids is 1. The van der Waals surface area contributed by atoms with Gasteiger partial charge < -0.3 is 4.90 Å². The number of hydrogen-bond acceptors (Lipinski definition) is 4. The van der Waals surface area contributed by atoms with E-state index < -0.39 is 0 Å². The van der Waals surface area contributed by atoms with Crippen LogP contribution in [0.15, 0.2) is 29.2 Å². The fourth-order valence-corrected chi connectivity index (χ4v) is 4.20. The lowest BCUT2D eigenvalue weighted by molar-refractivity contribution is -0.118. The summed E-state index contributed by atoms with van der Waals surface area (Å²) in [5.41, 5.74) is 0.877. The van der Waals surface area contributed by atoms with Gasteiger partial charge in [-0.25, -0.2) is 0 Å². The lowest BCUT2D eigenvalue weighted by Crippen LogP contribution is -2.32. The maximum atomic E-state index is 12.3. The number of thiocarbonyl (C=S) groups is 1. The van der Waals surface area contributed by atoms with Crippen molar-refractivity contribution in [2.45, 2.75) is 10.9 Å². The Morgan fingerprint density at radius 2 is 2.11 bits per heavy atom. The van der Waals surface area contributed by atoms with E-state index in [1.54, 1.807) is 28.4 Å². The van der Waals surface area contributed by atoms with E-state index in [2.05, 4.69) is 0 Å². The topological polar surface area (TPSA) is 23.6 Å². The van der Waals surface area contributed by atoms with Crippen LogP contribution in [0.3, 0.4) is 0 Å². The summed E-state index contributed by atoms with van der Waals surface area (Å²) in [4.78, 5) is 17.2. The molecule has 1 aromatic rings. The minimum absolute atomic E-state index is 0.0530. The quantitative estimate of drug-likeness (QED) is 0.616. The number of benzene rings is 1. The summed E-state index contributed by atoms with van der Waals surface area (Å²) in [7, 11) is 0. The van der Waals surface area contributed by atoms with Crippen molar-refractivity contribution in [2.24, 2.45) is 0 Å². The zero-order chi connectivity index (χ0) is 12.7. The van der Waals surface area contributed by atoms with Crippen LogP contribution in [0.1, 0.15) is 0 Å². The summed E-state index contributed by atoms with van der Waals surface area (Å²) in [6.07, 6.45) is 2.04. The molecule has 1 aromatic carbocycles. The number of anilines is 1. The van der Waals surface area contributed by atoms with E-state index in [9.17, 15) is 4.79 Å². The van der Waals surface area contributed by atoms with Crippen molar-refractivity contribution in [3.8, 4) is 0 Å².